The van der Waals surface area contributed by atoms with Gasteiger partial charge in [-0.1, -0.05) is 59.3 Å². The quantitative estimate of drug-likeness (QED) is 0.423. The van der Waals surface area contributed by atoms with Crippen molar-refractivity contribution in [3.8, 4) is 11.5 Å². The number of allylic oxidation sites excluding steroid dienone is 1. The predicted octanol–water partition coefficient (Wildman–Crippen LogP) is 4.83. The topological polar surface area (TPSA) is 63.8 Å². The van der Waals surface area contributed by atoms with Gasteiger partial charge in [-0.05, 0) is 65.4 Å². The standard InChI is InChI=1S/C28H20ClFN2O3S/c1-35-22-13-15(12-21(29)26(22)33)14-23-27(34)32-25(17-6-9-18(30)10-7-17)20-11-8-16-4-2-3-5-19(16)24(20)31-28(32)36-23/h2-7,9-10,12-14,25,33H,8,11H2,1H3/b23-14+/t25-/m1/s1. The minimum absolute atomic E-state index is 0.129. The zero-order chi connectivity index (χ0) is 25.0. The Morgan fingerprint density at radius 2 is 1.94 bits per heavy atom. The molecule has 180 valence electrons. The summed E-state index contributed by atoms with van der Waals surface area (Å²) in [5.74, 6) is -0.259. The van der Waals surface area contributed by atoms with Crippen molar-refractivity contribution in [2.24, 2.45) is 4.99 Å². The second kappa shape index (κ2) is 8.76. The van der Waals surface area contributed by atoms with Gasteiger partial charge in [-0.3, -0.25) is 9.36 Å². The van der Waals surface area contributed by atoms with Crippen LogP contribution in [0.15, 0.2) is 76.0 Å². The second-order valence-electron chi connectivity index (χ2n) is 8.72. The van der Waals surface area contributed by atoms with Crippen molar-refractivity contribution in [2.45, 2.75) is 18.9 Å². The zero-order valence-corrected chi connectivity index (χ0v) is 20.7. The number of methoxy groups -OCH3 is 1. The number of aryl methyl sites for hydroxylation is 1. The maximum atomic E-state index is 13.8. The van der Waals surface area contributed by atoms with Gasteiger partial charge in [0.2, 0.25) is 0 Å². The largest absolute Gasteiger partial charge is 0.503 e. The molecule has 6 rings (SSSR count). The van der Waals surface area contributed by atoms with Crippen LogP contribution in [0.2, 0.25) is 5.02 Å². The monoisotopic (exact) mass is 518 g/mol. The van der Waals surface area contributed by atoms with Crippen molar-refractivity contribution in [3.05, 3.63) is 119 Å². The fourth-order valence-electron chi connectivity index (χ4n) is 4.95. The molecule has 0 saturated heterocycles. The lowest BCUT2D eigenvalue weighted by Crippen LogP contribution is -2.38. The van der Waals surface area contributed by atoms with E-state index < -0.39 is 0 Å². The molecule has 1 aliphatic carbocycles. The maximum absolute atomic E-state index is 13.8. The summed E-state index contributed by atoms with van der Waals surface area (Å²) in [7, 11) is 1.44. The molecule has 1 atom stereocenters. The van der Waals surface area contributed by atoms with E-state index in [9.17, 15) is 14.3 Å². The van der Waals surface area contributed by atoms with Crippen molar-refractivity contribution in [1.82, 2.24) is 4.57 Å². The average Bonchev–Trinajstić information content (AvgIpc) is 3.19. The molecular weight excluding hydrogens is 499 g/mol. The smallest absolute Gasteiger partial charge is 0.271 e. The van der Waals surface area contributed by atoms with E-state index >= 15 is 0 Å². The number of nitrogens with zero attached hydrogens (tertiary/aromatic N) is 2. The summed E-state index contributed by atoms with van der Waals surface area (Å²) in [5, 5.41) is 10.2. The van der Waals surface area contributed by atoms with E-state index in [1.807, 2.05) is 12.1 Å². The Labute approximate surface area is 214 Å². The van der Waals surface area contributed by atoms with Gasteiger partial charge in [0.25, 0.3) is 5.56 Å². The number of aromatic hydroxyl groups is 1. The zero-order valence-electron chi connectivity index (χ0n) is 19.2. The van der Waals surface area contributed by atoms with E-state index in [0.717, 1.165) is 35.2 Å². The van der Waals surface area contributed by atoms with Crippen molar-refractivity contribution in [2.75, 3.05) is 7.11 Å². The number of thiazole rings is 1. The molecule has 1 aliphatic heterocycles. The fraction of sp³-hybridized carbons (Fsp3) is 0.143. The molecule has 3 aromatic carbocycles. The molecular formula is C28H20ClFN2O3S. The van der Waals surface area contributed by atoms with Crippen LogP contribution >= 0.6 is 22.9 Å². The van der Waals surface area contributed by atoms with Crippen LogP contribution in [0, 0.1) is 5.82 Å². The number of halogens is 2. The van der Waals surface area contributed by atoms with Crippen LogP contribution in [0.3, 0.4) is 0 Å². The van der Waals surface area contributed by atoms with Gasteiger partial charge in [-0.2, -0.15) is 0 Å². The highest BCUT2D eigenvalue weighted by molar-refractivity contribution is 7.07. The number of hydrogen-bond donors (Lipinski definition) is 1. The van der Waals surface area contributed by atoms with Crippen LogP contribution < -0.4 is 19.6 Å². The van der Waals surface area contributed by atoms with Crippen molar-refractivity contribution < 1.29 is 14.2 Å². The Bertz CT molecular complexity index is 1740. The number of rotatable bonds is 3. The van der Waals surface area contributed by atoms with Gasteiger partial charge in [-0.15, -0.1) is 0 Å². The number of aromatic nitrogens is 1. The van der Waals surface area contributed by atoms with Crippen LogP contribution in [0.25, 0.3) is 11.8 Å². The summed E-state index contributed by atoms with van der Waals surface area (Å²) in [5.41, 5.74) is 5.48. The van der Waals surface area contributed by atoms with Crippen molar-refractivity contribution in [1.29, 1.82) is 0 Å². The lowest BCUT2D eigenvalue weighted by atomic mass is 9.83. The van der Waals surface area contributed by atoms with Crippen LogP contribution in [-0.2, 0) is 6.42 Å². The molecule has 0 spiro atoms. The van der Waals surface area contributed by atoms with Crippen LogP contribution in [0.1, 0.15) is 34.7 Å². The van der Waals surface area contributed by atoms with Gasteiger partial charge in [0.1, 0.15) is 5.82 Å². The molecule has 5 nitrogen and oxygen atoms in total. The molecule has 0 fully saturated rings. The van der Waals surface area contributed by atoms with Crippen LogP contribution in [0.4, 0.5) is 4.39 Å². The van der Waals surface area contributed by atoms with Gasteiger partial charge < -0.3 is 9.84 Å². The Kier molecular flexibility index (Phi) is 5.54. The maximum Gasteiger partial charge on any atom is 0.271 e. The van der Waals surface area contributed by atoms with E-state index in [4.69, 9.17) is 21.3 Å². The lowest BCUT2D eigenvalue weighted by Gasteiger charge is -2.30. The van der Waals surface area contributed by atoms with Crippen molar-refractivity contribution >= 4 is 34.7 Å². The van der Waals surface area contributed by atoms with Gasteiger partial charge in [0.05, 0.1) is 28.4 Å². The number of benzene rings is 3. The summed E-state index contributed by atoms with van der Waals surface area (Å²) in [6.45, 7) is 0. The molecule has 0 radical (unpaired) electrons. The van der Waals surface area contributed by atoms with Crippen LogP contribution in [-0.4, -0.2) is 16.8 Å². The van der Waals surface area contributed by atoms with Gasteiger partial charge in [-0.25, -0.2) is 9.38 Å². The molecule has 2 heterocycles. The normalized spacial score (nSPS) is 16.8. The predicted molar refractivity (Wildman–Crippen MR) is 139 cm³/mol. The third kappa shape index (κ3) is 3.67. The van der Waals surface area contributed by atoms with Crippen LogP contribution in [0.5, 0.6) is 11.5 Å². The minimum Gasteiger partial charge on any atom is -0.503 e. The number of hydrogen-bond acceptors (Lipinski definition) is 5. The average molecular weight is 519 g/mol. The Morgan fingerprint density at radius 3 is 2.72 bits per heavy atom. The van der Waals surface area contributed by atoms with E-state index in [1.165, 1.54) is 36.1 Å². The SMILES string of the molecule is COc1cc(/C=c2/sc3n(c2=O)[C@H](c2ccc(F)cc2)C2=C(N=3)c3ccccc3CC2)cc(Cl)c1O. The highest BCUT2D eigenvalue weighted by Gasteiger charge is 2.32. The van der Waals surface area contributed by atoms with Gasteiger partial charge >= 0.3 is 0 Å². The summed E-state index contributed by atoms with van der Waals surface area (Å²) >= 11 is 7.45. The first-order valence-corrected chi connectivity index (χ1v) is 12.6. The van der Waals surface area contributed by atoms with E-state index in [-0.39, 0.29) is 33.9 Å². The van der Waals surface area contributed by atoms with Gasteiger partial charge in [0.15, 0.2) is 16.3 Å². The first-order valence-electron chi connectivity index (χ1n) is 11.4. The first kappa shape index (κ1) is 22.8. The molecule has 8 heteroatoms. The highest BCUT2D eigenvalue weighted by Crippen LogP contribution is 2.41. The number of phenolic OH excluding ortho intramolecular Hbond substituents is 1. The Hall–Kier alpha value is -3.68. The summed E-state index contributed by atoms with van der Waals surface area (Å²) in [6.07, 6.45) is 3.32. The molecule has 0 unspecified atom stereocenters. The third-order valence-corrected chi connectivity index (χ3v) is 7.90. The number of phenols is 1. The summed E-state index contributed by atoms with van der Waals surface area (Å²) in [4.78, 5) is 19.3. The fourth-order valence-corrected chi connectivity index (χ4v) is 6.17. The number of ether oxygens (including phenoxy) is 1. The molecule has 2 aliphatic rings. The van der Waals surface area contributed by atoms with E-state index in [0.29, 0.717) is 14.9 Å². The molecule has 1 N–H and O–H groups in total. The molecule has 0 bridgehead atoms. The first-order chi connectivity index (χ1) is 17.4. The summed E-state index contributed by atoms with van der Waals surface area (Å²) < 4.78 is 21.2. The van der Waals surface area contributed by atoms with Gasteiger partial charge in [0, 0.05) is 5.56 Å². The highest BCUT2D eigenvalue weighted by atomic mass is 35.5. The lowest BCUT2D eigenvalue weighted by molar-refractivity contribution is 0.373. The molecule has 4 aromatic rings. The Morgan fingerprint density at radius 1 is 1.17 bits per heavy atom. The molecule has 36 heavy (non-hydrogen) atoms. The molecule has 1 aromatic heterocycles. The second-order valence-corrected chi connectivity index (χ2v) is 10.1. The Balaban J connectivity index is 1.61. The number of fused-ring (bicyclic) bond motifs is 3. The molecule has 0 amide bonds. The van der Waals surface area contributed by atoms with E-state index in [1.54, 1.807) is 34.9 Å². The van der Waals surface area contributed by atoms with Crippen molar-refractivity contribution in [3.63, 3.8) is 0 Å². The minimum atomic E-state index is -0.384. The third-order valence-electron chi connectivity index (χ3n) is 6.63. The summed E-state index contributed by atoms with van der Waals surface area (Å²) in [6, 6.07) is 17.3. The van der Waals surface area contributed by atoms with E-state index in [2.05, 4.69) is 12.1 Å². The molecule has 0 saturated carbocycles.